The van der Waals surface area contributed by atoms with E-state index in [4.69, 9.17) is 0 Å². The Labute approximate surface area is 119 Å². The van der Waals surface area contributed by atoms with Crippen LogP contribution in [0.2, 0.25) is 0 Å². The van der Waals surface area contributed by atoms with Crippen molar-refractivity contribution in [2.45, 2.75) is 58.3 Å². The molecule has 1 nitrogen and oxygen atoms in total. The quantitative estimate of drug-likeness (QED) is 0.522. The molecule has 0 aromatic heterocycles. The fourth-order valence-corrected chi connectivity index (χ4v) is 3.39. The number of rotatable bonds is 3. The summed E-state index contributed by atoms with van der Waals surface area (Å²) in [4.78, 5) is 0. The average Bonchev–Trinajstić information content (AvgIpc) is 2.15. The van der Waals surface area contributed by atoms with Gasteiger partial charge in [0.05, 0.1) is 26.2 Å². The lowest BCUT2D eigenvalue weighted by Crippen LogP contribution is -3.00. The summed E-state index contributed by atoms with van der Waals surface area (Å²) in [5, 5.41) is 0. The third-order valence-corrected chi connectivity index (χ3v) is 4.81. The minimum atomic E-state index is 0. The predicted octanol–water partition coefficient (Wildman–Crippen LogP) is 0.591. The topological polar surface area (TPSA) is 0 Å². The highest BCUT2D eigenvalue weighted by Gasteiger charge is 2.32. The van der Waals surface area contributed by atoms with E-state index in [2.05, 4.69) is 6.92 Å². The molecule has 0 aromatic carbocycles. The summed E-state index contributed by atoms with van der Waals surface area (Å²) in [5.41, 5.74) is 0. The molecule has 2 heteroatoms. The van der Waals surface area contributed by atoms with Crippen LogP contribution < -0.4 is 24.0 Å². The zero-order chi connectivity index (χ0) is 10.6. The second-order valence-corrected chi connectivity index (χ2v) is 5.85. The van der Waals surface area contributed by atoms with E-state index in [0.717, 1.165) is 5.92 Å². The zero-order valence-corrected chi connectivity index (χ0v) is 13.0. The van der Waals surface area contributed by atoms with Crippen molar-refractivity contribution in [2.75, 3.05) is 26.2 Å². The van der Waals surface area contributed by atoms with Gasteiger partial charge in [-0.15, -0.1) is 0 Å². The first-order chi connectivity index (χ1) is 7.35. The maximum Gasteiger partial charge on any atom is 0.0815 e. The zero-order valence-electron chi connectivity index (χ0n) is 10.9. The lowest BCUT2D eigenvalue weighted by molar-refractivity contribution is -0.931. The van der Waals surface area contributed by atoms with Crippen LogP contribution in [0.1, 0.15) is 58.3 Å². The number of hydrogen-bond donors (Lipinski definition) is 0. The van der Waals surface area contributed by atoms with E-state index in [-0.39, 0.29) is 24.0 Å². The molecule has 1 aliphatic carbocycles. The van der Waals surface area contributed by atoms with Crippen LogP contribution in [0.15, 0.2) is 0 Å². The molecule has 1 saturated heterocycles. The fraction of sp³-hybridized carbons (Fsp3) is 1.00. The highest BCUT2D eigenvalue weighted by Crippen LogP contribution is 2.31. The number of nitrogens with zero attached hydrogens (tertiary/aromatic N) is 1. The van der Waals surface area contributed by atoms with Crippen LogP contribution in [-0.4, -0.2) is 30.7 Å². The van der Waals surface area contributed by atoms with Crippen LogP contribution in [-0.2, 0) is 0 Å². The average molecular weight is 337 g/mol. The van der Waals surface area contributed by atoms with Gasteiger partial charge in [-0.05, 0) is 45.4 Å². The third kappa shape index (κ3) is 3.86. The van der Waals surface area contributed by atoms with Crippen LogP contribution in [0.4, 0.5) is 0 Å². The van der Waals surface area contributed by atoms with Gasteiger partial charge in [0.2, 0.25) is 0 Å². The second-order valence-electron chi connectivity index (χ2n) is 5.85. The van der Waals surface area contributed by atoms with Crippen molar-refractivity contribution >= 4 is 0 Å². The molecule has 96 valence electrons. The van der Waals surface area contributed by atoms with Gasteiger partial charge in [-0.3, -0.25) is 0 Å². The Hall–Kier alpha value is 0.690. The van der Waals surface area contributed by atoms with Gasteiger partial charge >= 0.3 is 0 Å². The van der Waals surface area contributed by atoms with E-state index >= 15 is 0 Å². The summed E-state index contributed by atoms with van der Waals surface area (Å²) < 4.78 is 1.46. The molecular weight excluding hydrogens is 309 g/mol. The molecule has 1 saturated carbocycles. The molecule has 0 radical (unpaired) electrons. The van der Waals surface area contributed by atoms with Gasteiger partial charge < -0.3 is 28.5 Å². The summed E-state index contributed by atoms with van der Waals surface area (Å²) >= 11 is 0. The summed E-state index contributed by atoms with van der Waals surface area (Å²) in [7, 11) is 0. The molecule has 16 heavy (non-hydrogen) atoms. The van der Waals surface area contributed by atoms with E-state index in [9.17, 15) is 0 Å². The lowest BCUT2D eigenvalue weighted by atomic mass is 9.84. The fourth-order valence-electron chi connectivity index (χ4n) is 3.39. The van der Waals surface area contributed by atoms with Crippen molar-refractivity contribution in [3.05, 3.63) is 0 Å². The van der Waals surface area contributed by atoms with Crippen molar-refractivity contribution < 1.29 is 28.5 Å². The van der Waals surface area contributed by atoms with Crippen LogP contribution in [0.3, 0.4) is 0 Å². The standard InChI is InChI=1S/C14H28N.HI/c1-2-15(13-14-9-8-10-14)11-6-4-3-5-7-12-15;/h14H,2-13H2,1H3;1H/q+1;/p-1. The van der Waals surface area contributed by atoms with Crippen molar-refractivity contribution in [2.24, 2.45) is 5.92 Å². The molecule has 0 bridgehead atoms. The maximum absolute atomic E-state index is 2.42. The Balaban J connectivity index is 0.00000128. The van der Waals surface area contributed by atoms with E-state index in [1.54, 1.807) is 0 Å². The molecule has 0 spiro atoms. The SMILES string of the molecule is CC[N+]1(CC2CCC2)CCCCCCC1.[I-]. The second kappa shape index (κ2) is 7.20. The van der Waals surface area contributed by atoms with Crippen LogP contribution in [0, 0.1) is 5.92 Å². The lowest BCUT2D eigenvalue weighted by Gasteiger charge is -2.43. The smallest absolute Gasteiger partial charge is 0.0815 e. The Bertz CT molecular complexity index is 181. The van der Waals surface area contributed by atoms with Gasteiger partial charge in [0, 0.05) is 5.92 Å². The first-order valence-electron chi connectivity index (χ1n) is 7.20. The van der Waals surface area contributed by atoms with Gasteiger partial charge in [-0.1, -0.05) is 12.8 Å². The number of likely N-dealkylation sites (tertiary alicyclic amines) is 1. The van der Waals surface area contributed by atoms with Crippen molar-refractivity contribution in [1.82, 2.24) is 0 Å². The summed E-state index contributed by atoms with van der Waals surface area (Å²) in [6.45, 7) is 8.27. The normalized spacial score (nSPS) is 26.1. The third-order valence-electron chi connectivity index (χ3n) is 4.81. The minimum absolute atomic E-state index is 0. The van der Waals surface area contributed by atoms with Gasteiger partial charge in [0.25, 0.3) is 0 Å². The molecular formula is C14H28IN. The number of quaternary nitrogens is 1. The van der Waals surface area contributed by atoms with Crippen LogP contribution in [0.5, 0.6) is 0 Å². The Morgan fingerprint density at radius 2 is 1.44 bits per heavy atom. The van der Waals surface area contributed by atoms with Gasteiger partial charge in [-0.25, -0.2) is 0 Å². The molecule has 0 aromatic rings. The predicted molar refractivity (Wildman–Crippen MR) is 65.8 cm³/mol. The molecule has 0 amide bonds. The number of halogens is 1. The molecule has 1 aliphatic heterocycles. The number of hydrogen-bond acceptors (Lipinski definition) is 0. The van der Waals surface area contributed by atoms with Gasteiger partial charge in [0.15, 0.2) is 0 Å². The molecule has 2 aliphatic rings. The van der Waals surface area contributed by atoms with E-state index < -0.39 is 0 Å². The van der Waals surface area contributed by atoms with Crippen molar-refractivity contribution in [1.29, 1.82) is 0 Å². The Kier molecular flexibility index (Phi) is 6.63. The minimum Gasteiger partial charge on any atom is -1.00 e. The molecule has 0 unspecified atom stereocenters. The highest BCUT2D eigenvalue weighted by atomic mass is 127. The van der Waals surface area contributed by atoms with E-state index in [1.807, 2.05) is 0 Å². The van der Waals surface area contributed by atoms with Crippen LogP contribution in [0.25, 0.3) is 0 Å². The Morgan fingerprint density at radius 1 is 0.875 bits per heavy atom. The van der Waals surface area contributed by atoms with Crippen LogP contribution >= 0.6 is 0 Å². The summed E-state index contributed by atoms with van der Waals surface area (Å²) in [5.74, 6) is 1.09. The first kappa shape index (κ1) is 14.7. The summed E-state index contributed by atoms with van der Waals surface area (Å²) in [6.07, 6.45) is 12.0. The maximum atomic E-state index is 2.42. The van der Waals surface area contributed by atoms with Gasteiger partial charge in [0.1, 0.15) is 0 Å². The molecule has 0 atom stereocenters. The molecule has 0 N–H and O–H groups in total. The highest BCUT2D eigenvalue weighted by molar-refractivity contribution is 4.70. The first-order valence-corrected chi connectivity index (χ1v) is 7.20. The molecule has 2 fully saturated rings. The Morgan fingerprint density at radius 3 is 1.88 bits per heavy atom. The van der Waals surface area contributed by atoms with E-state index in [0.29, 0.717) is 0 Å². The van der Waals surface area contributed by atoms with E-state index in [1.165, 1.54) is 82.0 Å². The summed E-state index contributed by atoms with van der Waals surface area (Å²) in [6, 6.07) is 0. The molecule has 2 rings (SSSR count). The van der Waals surface area contributed by atoms with Crippen molar-refractivity contribution in [3.63, 3.8) is 0 Å². The largest absolute Gasteiger partial charge is 1.00 e. The van der Waals surface area contributed by atoms with Crippen molar-refractivity contribution in [3.8, 4) is 0 Å². The monoisotopic (exact) mass is 337 g/mol. The molecule has 1 heterocycles. The van der Waals surface area contributed by atoms with Gasteiger partial charge in [-0.2, -0.15) is 0 Å².